The van der Waals surface area contributed by atoms with Gasteiger partial charge in [-0.1, -0.05) is 439 Å². The molecule has 0 aromatic heterocycles. The summed E-state index contributed by atoms with van der Waals surface area (Å²) in [4.78, 5) is 73.3. The van der Waals surface area contributed by atoms with Crippen molar-refractivity contribution in [3.05, 3.63) is 0 Å². The number of aliphatic hydroxyl groups excluding tert-OH is 1. The summed E-state index contributed by atoms with van der Waals surface area (Å²) in [6, 6.07) is 0. The van der Waals surface area contributed by atoms with E-state index in [1.54, 1.807) is 0 Å². The highest BCUT2D eigenvalue weighted by molar-refractivity contribution is 7.47. The van der Waals surface area contributed by atoms with Gasteiger partial charge in [-0.05, 0) is 25.7 Å². The van der Waals surface area contributed by atoms with Crippen LogP contribution >= 0.6 is 15.6 Å². The maximum atomic E-state index is 13.2. The topological polar surface area (TPSA) is 237 Å². The lowest BCUT2D eigenvalue weighted by atomic mass is 10.0. The van der Waals surface area contributed by atoms with Crippen molar-refractivity contribution in [2.75, 3.05) is 39.6 Å². The molecule has 0 heterocycles. The van der Waals surface area contributed by atoms with Crippen LogP contribution in [0.5, 0.6) is 0 Å². The first-order valence-electron chi connectivity index (χ1n) is 46.3. The van der Waals surface area contributed by atoms with Crippen LogP contribution in [-0.2, 0) is 65.4 Å². The first-order chi connectivity index (χ1) is 52.7. The smallest absolute Gasteiger partial charge is 0.462 e. The van der Waals surface area contributed by atoms with Crippen LogP contribution in [0.25, 0.3) is 0 Å². The van der Waals surface area contributed by atoms with Gasteiger partial charge in [0.25, 0.3) is 0 Å². The first-order valence-corrected chi connectivity index (χ1v) is 49.3. The fraction of sp³-hybridized carbons (Fsp3) is 0.955. The summed E-state index contributed by atoms with van der Waals surface area (Å²) in [5.41, 5.74) is 0. The average Bonchev–Trinajstić information content (AvgIpc) is 0.900. The number of aliphatic hydroxyl groups is 1. The van der Waals surface area contributed by atoms with Gasteiger partial charge in [0.2, 0.25) is 0 Å². The third kappa shape index (κ3) is 82.1. The summed E-state index contributed by atoms with van der Waals surface area (Å²) in [5, 5.41) is 10.7. The third-order valence-electron chi connectivity index (χ3n) is 21.1. The van der Waals surface area contributed by atoms with Crippen molar-refractivity contribution in [2.24, 2.45) is 0 Å². The molecule has 17 nitrogen and oxygen atoms in total. The van der Waals surface area contributed by atoms with Gasteiger partial charge < -0.3 is 33.8 Å². The summed E-state index contributed by atoms with van der Waals surface area (Å²) in [6.07, 6.45) is 79.3. The lowest BCUT2D eigenvalue weighted by Crippen LogP contribution is -2.30. The Hall–Kier alpha value is -1.94. The maximum absolute atomic E-state index is 13.2. The van der Waals surface area contributed by atoms with Crippen molar-refractivity contribution in [3.8, 4) is 0 Å². The van der Waals surface area contributed by atoms with Crippen LogP contribution in [0.3, 0.4) is 0 Å². The molecule has 0 saturated carbocycles. The Kier molecular flexibility index (Phi) is 81.5. The lowest BCUT2D eigenvalue weighted by molar-refractivity contribution is -0.161. The van der Waals surface area contributed by atoms with E-state index in [-0.39, 0.29) is 25.7 Å². The average molecular weight is 1580 g/mol. The number of esters is 4. The summed E-state index contributed by atoms with van der Waals surface area (Å²) >= 11 is 0. The minimum absolute atomic E-state index is 0.109. The summed E-state index contributed by atoms with van der Waals surface area (Å²) in [6.45, 7) is 5.06. The molecule has 19 heteroatoms. The van der Waals surface area contributed by atoms with Crippen molar-refractivity contribution in [1.29, 1.82) is 0 Å². The molecule has 0 fully saturated rings. The number of unbranched alkanes of at least 4 members (excludes halogenated alkanes) is 64. The molecule has 642 valence electrons. The predicted octanol–water partition coefficient (Wildman–Crippen LogP) is 27.7. The summed E-state index contributed by atoms with van der Waals surface area (Å²) < 4.78 is 69.0. The van der Waals surface area contributed by atoms with Crippen LogP contribution in [0.2, 0.25) is 0 Å². The van der Waals surface area contributed by atoms with E-state index < -0.39 is 97.5 Å². The number of rotatable bonds is 90. The zero-order valence-electron chi connectivity index (χ0n) is 70.8. The van der Waals surface area contributed by atoms with Gasteiger partial charge in [-0.3, -0.25) is 37.3 Å². The van der Waals surface area contributed by atoms with Crippen LogP contribution in [-0.4, -0.2) is 96.7 Å². The molecule has 0 bridgehead atoms. The number of carbonyl (C=O) groups is 4. The van der Waals surface area contributed by atoms with E-state index in [2.05, 4.69) is 27.7 Å². The Morgan fingerprint density at radius 3 is 0.546 bits per heavy atom. The fourth-order valence-corrected chi connectivity index (χ4v) is 15.6. The number of carbonyl (C=O) groups excluding carboxylic acids is 4. The fourth-order valence-electron chi connectivity index (χ4n) is 14.1. The standard InChI is InChI=1S/C89H174O17P2/c1-5-9-13-17-21-25-28-31-34-37-40-41-44-47-50-53-56-60-64-68-72-76-89(94)106-85(80-100-87(92)74-70-66-62-58-54-51-48-45-42-38-35-32-29-26-22-18-14-10-6-2)82-104-108(97,98)102-78-83(90)77-101-107(95,96)103-81-84(79-99-86(91)73-69-65-61-57-24-20-16-12-8-4)105-88(93)75-71-67-63-59-55-52-49-46-43-39-36-33-30-27-23-19-15-11-7-3/h83-85,90H,5-82H2,1-4H3,(H,95,96)(H,97,98)/t83-,84+,85+/m0/s1. The maximum Gasteiger partial charge on any atom is 0.472 e. The minimum atomic E-state index is -4.97. The van der Waals surface area contributed by atoms with E-state index in [1.807, 2.05) is 0 Å². The van der Waals surface area contributed by atoms with Gasteiger partial charge in [0.05, 0.1) is 26.4 Å². The van der Waals surface area contributed by atoms with E-state index >= 15 is 0 Å². The van der Waals surface area contributed by atoms with Gasteiger partial charge in [0, 0.05) is 25.7 Å². The number of phosphoric ester groups is 2. The molecular weight excluding hydrogens is 1400 g/mol. The van der Waals surface area contributed by atoms with E-state index in [9.17, 15) is 43.2 Å². The molecule has 0 aliphatic rings. The molecule has 108 heavy (non-hydrogen) atoms. The molecule has 0 radical (unpaired) electrons. The van der Waals surface area contributed by atoms with Gasteiger partial charge >= 0.3 is 39.5 Å². The Morgan fingerprint density at radius 1 is 0.222 bits per heavy atom. The Labute approximate surface area is 664 Å². The van der Waals surface area contributed by atoms with Crippen molar-refractivity contribution in [3.63, 3.8) is 0 Å². The minimum Gasteiger partial charge on any atom is -0.462 e. The molecule has 0 saturated heterocycles. The molecular formula is C89H174O17P2. The SMILES string of the molecule is CCCCCCCCCCCCCCCCCCCCCCCC(=O)O[C@H](COC(=O)CCCCCCCCCCCCCCCCCCCCC)COP(=O)(O)OC[C@@H](O)COP(=O)(O)OC[C@@H](COC(=O)CCCCCCCCCCC)OC(=O)CCCCCCCCCCCCCCCCCCCCC. The van der Waals surface area contributed by atoms with Crippen LogP contribution in [0.1, 0.15) is 490 Å². The Bertz CT molecular complexity index is 2030. The normalized spacial score (nSPS) is 13.7. The van der Waals surface area contributed by atoms with Gasteiger partial charge in [-0.2, -0.15) is 0 Å². The Morgan fingerprint density at radius 2 is 0.370 bits per heavy atom. The van der Waals surface area contributed by atoms with Crippen LogP contribution in [0.15, 0.2) is 0 Å². The number of phosphoric acid groups is 2. The molecule has 0 rings (SSSR count). The number of hydrogen-bond donors (Lipinski definition) is 3. The second-order valence-corrected chi connectivity index (χ2v) is 34.9. The molecule has 5 atom stereocenters. The van der Waals surface area contributed by atoms with Crippen molar-refractivity contribution >= 4 is 39.5 Å². The highest BCUT2D eigenvalue weighted by atomic mass is 31.2. The zero-order valence-corrected chi connectivity index (χ0v) is 72.6. The van der Waals surface area contributed by atoms with E-state index in [1.165, 1.54) is 321 Å². The van der Waals surface area contributed by atoms with Crippen molar-refractivity contribution < 1.29 is 80.2 Å². The van der Waals surface area contributed by atoms with E-state index in [4.69, 9.17) is 37.0 Å². The zero-order chi connectivity index (χ0) is 78.9. The van der Waals surface area contributed by atoms with Crippen LogP contribution in [0, 0.1) is 0 Å². The largest absolute Gasteiger partial charge is 0.472 e. The highest BCUT2D eigenvalue weighted by Crippen LogP contribution is 2.45. The monoisotopic (exact) mass is 1580 g/mol. The van der Waals surface area contributed by atoms with Crippen molar-refractivity contribution in [2.45, 2.75) is 508 Å². The van der Waals surface area contributed by atoms with Gasteiger partial charge in [0.1, 0.15) is 19.3 Å². The molecule has 2 unspecified atom stereocenters. The third-order valence-corrected chi connectivity index (χ3v) is 23.0. The summed E-state index contributed by atoms with van der Waals surface area (Å²) in [5.74, 6) is -2.10. The highest BCUT2D eigenvalue weighted by Gasteiger charge is 2.30. The molecule has 0 aliphatic carbocycles. The Balaban J connectivity index is 5.19. The molecule has 0 spiro atoms. The predicted molar refractivity (Wildman–Crippen MR) is 446 cm³/mol. The van der Waals surface area contributed by atoms with Crippen LogP contribution < -0.4 is 0 Å². The van der Waals surface area contributed by atoms with Gasteiger partial charge in [-0.25, -0.2) is 9.13 Å². The molecule has 0 amide bonds. The molecule has 0 aliphatic heterocycles. The second-order valence-electron chi connectivity index (χ2n) is 32.0. The van der Waals surface area contributed by atoms with Gasteiger partial charge in [0.15, 0.2) is 12.2 Å². The number of hydrogen-bond acceptors (Lipinski definition) is 15. The molecule has 0 aromatic carbocycles. The lowest BCUT2D eigenvalue weighted by Gasteiger charge is -2.21. The van der Waals surface area contributed by atoms with Crippen LogP contribution in [0.4, 0.5) is 0 Å². The van der Waals surface area contributed by atoms with E-state index in [0.29, 0.717) is 25.7 Å². The quantitative estimate of drug-likeness (QED) is 0.0222. The number of ether oxygens (including phenoxy) is 4. The second kappa shape index (κ2) is 83.0. The molecule has 3 N–H and O–H groups in total. The summed E-state index contributed by atoms with van der Waals surface area (Å²) in [7, 11) is -9.93. The molecule has 0 aromatic rings. The van der Waals surface area contributed by atoms with Crippen molar-refractivity contribution in [1.82, 2.24) is 0 Å². The van der Waals surface area contributed by atoms with E-state index in [0.717, 1.165) is 89.9 Å². The van der Waals surface area contributed by atoms with Gasteiger partial charge in [-0.15, -0.1) is 0 Å². The first kappa shape index (κ1) is 106.